The number of rotatable bonds is 8. The monoisotopic (exact) mass is 478 g/mol. The Morgan fingerprint density at radius 2 is 1.79 bits per heavy atom. The summed E-state index contributed by atoms with van der Waals surface area (Å²) in [7, 11) is -2.13. The molecular formula is C27H30N2O4S. The van der Waals surface area contributed by atoms with Crippen molar-refractivity contribution >= 4 is 15.9 Å². The second-order valence-electron chi connectivity index (χ2n) is 8.64. The van der Waals surface area contributed by atoms with Gasteiger partial charge in [-0.2, -0.15) is 0 Å². The lowest BCUT2D eigenvalue weighted by Gasteiger charge is -2.25. The van der Waals surface area contributed by atoms with E-state index in [-0.39, 0.29) is 23.4 Å². The number of hydrogen-bond donors (Lipinski definition) is 1. The SMILES string of the molecule is COc1cccc(CC2CCCN2C(=O)c2ccc(C)c(S(=O)(=O)NCc3ccccc3)c2)c1. The van der Waals surface area contributed by atoms with Crippen molar-refractivity contribution in [3.8, 4) is 5.75 Å². The maximum atomic E-state index is 13.4. The van der Waals surface area contributed by atoms with Gasteiger partial charge in [-0.25, -0.2) is 13.1 Å². The predicted molar refractivity (Wildman–Crippen MR) is 132 cm³/mol. The van der Waals surface area contributed by atoms with Gasteiger partial charge in [0.15, 0.2) is 0 Å². The minimum absolute atomic E-state index is 0.0668. The van der Waals surface area contributed by atoms with E-state index >= 15 is 0 Å². The Hall–Kier alpha value is -3.16. The summed E-state index contributed by atoms with van der Waals surface area (Å²) in [5.41, 5.74) is 2.98. The molecule has 1 heterocycles. The lowest BCUT2D eigenvalue weighted by atomic mass is 10.0. The molecule has 1 unspecified atom stereocenters. The van der Waals surface area contributed by atoms with Crippen molar-refractivity contribution in [3.63, 3.8) is 0 Å². The molecule has 6 nitrogen and oxygen atoms in total. The molecule has 3 aromatic carbocycles. The van der Waals surface area contributed by atoms with Gasteiger partial charge >= 0.3 is 0 Å². The summed E-state index contributed by atoms with van der Waals surface area (Å²) >= 11 is 0. The fraction of sp³-hybridized carbons (Fsp3) is 0.296. The van der Waals surface area contributed by atoms with Crippen LogP contribution in [-0.4, -0.2) is 38.9 Å². The summed E-state index contributed by atoms with van der Waals surface area (Å²) < 4.78 is 34.1. The molecule has 0 saturated carbocycles. The van der Waals surface area contributed by atoms with Crippen molar-refractivity contribution < 1.29 is 17.9 Å². The summed E-state index contributed by atoms with van der Waals surface area (Å²) in [6.45, 7) is 2.60. The van der Waals surface area contributed by atoms with E-state index in [0.29, 0.717) is 17.7 Å². The molecule has 34 heavy (non-hydrogen) atoms. The topological polar surface area (TPSA) is 75.7 Å². The van der Waals surface area contributed by atoms with Gasteiger partial charge in [-0.1, -0.05) is 48.5 Å². The van der Waals surface area contributed by atoms with E-state index in [1.54, 1.807) is 26.2 Å². The zero-order chi connectivity index (χ0) is 24.1. The quantitative estimate of drug-likeness (QED) is 0.523. The van der Waals surface area contributed by atoms with Gasteiger partial charge in [0.2, 0.25) is 10.0 Å². The van der Waals surface area contributed by atoms with E-state index in [9.17, 15) is 13.2 Å². The number of likely N-dealkylation sites (tertiary alicyclic amines) is 1. The number of sulfonamides is 1. The van der Waals surface area contributed by atoms with Gasteiger partial charge in [0.1, 0.15) is 5.75 Å². The summed E-state index contributed by atoms with van der Waals surface area (Å²) in [6, 6.07) is 22.2. The molecule has 1 atom stereocenters. The maximum Gasteiger partial charge on any atom is 0.254 e. The molecular weight excluding hydrogens is 448 g/mol. The summed E-state index contributed by atoms with van der Waals surface area (Å²) in [5, 5.41) is 0. The predicted octanol–water partition coefficient (Wildman–Crippen LogP) is 4.33. The molecule has 4 rings (SSSR count). The van der Waals surface area contributed by atoms with Gasteiger partial charge < -0.3 is 9.64 Å². The van der Waals surface area contributed by atoms with E-state index in [0.717, 1.165) is 36.1 Å². The summed E-state index contributed by atoms with van der Waals surface area (Å²) in [6.07, 6.45) is 2.58. The number of nitrogens with zero attached hydrogens (tertiary/aromatic N) is 1. The van der Waals surface area contributed by atoms with Crippen LogP contribution in [0.1, 0.15) is 39.9 Å². The van der Waals surface area contributed by atoms with E-state index in [4.69, 9.17) is 4.74 Å². The van der Waals surface area contributed by atoms with Crippen LogP contribution in [0.3, 0.4) is 0 Å². The number of nitrogens with one attached hydrogen (secondary N) is 1. The molecule has 1 aliphatic rings. The second kappa shape index (κ2) is 10.4. The molecule has 178 valence electrons. The van der Waals surface area contributed by atoms with Crippen molar-refractivity contribution in [1.82, 2.24) is 9.62 Å². The van der Waals surface area contributed by atoms with E-state index in [1.165, 1.54) is 6.07 Å². The molecule has 1 aliphatic heterocycles. The zero-order valence-electron chi connectivity index (χ0n) is 19.5. The number of ether oxygens (including phenoxy) is 1. The molecule has 7 heteroatoms. The third-order valence-electron chi connectivity index (χ3n) is 6.28. The Morgan fingerprint density at radius 3 is 2.56 bits per heavy atom. The van der Waals surface area contributed by atoms with Crippen molar-refractivity contribution in [3.05, 3.63) is 95.1 Å². The van der Waals surface area contributed by atoms with Gasteiger partial charge in [0, 0.05) is 24.7 Å². The summed E-state index contributed by atoms with van der Waals surface area (Å²) in [5.74, 6) is 0.662. The minimum atomic E-state index is -3.77. The second-order valence-corrected chi connectivity index (χ2v) is 10.4. The van der Waals surface area contributed by atoms with Crippen LogP contribution in [0.25, 0.3) is 0 Å². The number of methoxy groups -OCH3 is 1. The van der Waals surface area contributed by atoms with Crippen LogP contribution < -0.4 is 9.46 Å². The smallest absolute Gasteiger partial charge is 0.254 e. The van der Waals surface area contributed by atoms with E-state index in [2.05, 4.69) is 4.72 Å². The highest BCUT2D eigenvalue weighted by Crippen LogP contribution is 2.26. The molecule has 0 radical (unpaired) electrons. The number of aryl methyl sites for hydroxylation is 1. The van der Waals surface area contributed by atoms with Crippen LogP contribution in [0.4, 0.5) is 0 Å². The van der Waals surface area contributed by atoms with Gasteiger partial charge in [-0.3, -0.25) is 4.79 Å². The van der Waals surface area contributed by atoms with Crippen LogP contribution in [0.2, 0.25) is 0 Å². The maximum absolute atomic E-state index is 13.4. The molecule has 0 bridgehead atoms. The first kappa shape index (κ1) is 24.0. The van der Waals surface area contributed by atoms with Crippen LogP contribution in [0.15, 0.2) is 77.7 Å². The molecule has 0 spiro atoms. The molecule has 1 amide bonds. The van der Waals surface area contributed by atoms with Gasteiger partial charge in [-0.15, -0.1) is 0 Å². The Balaban J connectivity index is 1.52. The largest absolute Gasteiger partial charge is 0.497 e. The average Bonchev–Trinajstić information content (AvgIpc) is 3.31. The molecule has 1 N–H and O–H groups in total. The minimum Gasteiger partial charge on any atom is -0.497 e. The molecule has 1 saturated heterocycles. The fourth-order valence-corrected chi connectivity index (χ4v) is 5.71. The number of carbonyl (C=O) groups excluding carboxylic acids is 1. The van der Waals surface area contributed by atoms with Crippen molar-refractivity contribution in [2.75, 3.05) is 13.7 Å². The Kier molecular flexibility index (Phi) is 7.34. The van der Waals surface area contributed by atoms with Gasteiger partial charge in [-0.05, 0) is 67.1 Å². The number of hydrogen-bond acceptors (Lipinski definition) is 4. The van der Waals surface area contributed by atoms with Crippen LogP contribution in [0.5, 0.6) is 5.75 Å². The highest BCUT2D eigenvalue weighted by Gasteiger charge is 2.30. The zero-order valence-corrected chi connectivity index (χ0v) is 20.3. The summed E-state index contributed by atoms with van der Waals surface area (Å²) in [4.78, 5) is 15.4. The molecule has 0 aromatic heterocycles. The standard InChI is InChI=1S/C27H30N2O4S/c1-20-13-14-23(18-26(20)34(31,32)28-19-21-8-4-3-5-9-21)27(30)29-15-7-11-24(29)16-22-10-6-12-25(17-22)33-2/h3-6,8-10,12-14,17-18,24,28H,7,11,15-16,19H2,1-2H3. The Labute approximate surface area is 201 Å². The lowest BCUT2D eigenvalue weighted by Crippen LogP contribution is -2.37. The van der Waals surface area contributed by atoms with E-state index in [1.807, 2.05) is 59.5 Å². The lowest BCUT2D eigenvalue weighted by molar-refractivity contribution is 0.0736. The highest BCUT2D eigenvalue weighted by atomic mass is 32.2. The van der Waals surface area contributed by atoms with Gasteiger partial charge in [0.05, 0.1) is 12.0 Å². The van der Waals surface area contributed by atoms with E-state index < -0.39 is 10.0 Å². The van der Waals surface area contributed by atoms with Crippen molar-refractivity contribution in [2.24, 2.45) is 0 Å². The number of benzene rings is 3. The average molecular weight is 479 g/mol. The number of carbonyl (C=O) groups is 1. The first-order valence-corrected chi connectivity index (χ1v) is 12.9. The van der Waals surface area contributed by atoms with Crippen molar-refractivity contribution in [1.29, 1.82) is 0 Å². The fourth-order valence-electron chi connectivity index (χ4n) is 4.43. The molecule has 3 aromatic rings. The molecule has 1 fully saturated rings. The molecule has 0 aliphatic carbocycles. The third kappa shape index (κ3) is 5.48. The first-order valence-electron chi connectivity index (χ1n) is 11.5. The van der Waals surface area contributed by atoms with Crippen LogP contribution >= 0.6 is 0 Å². The van der Waals surface area contributed by atoms with Crippen LogP contribution in [-0.2, 0) is 23.0 Å². The van der Waals surface area contributed by atoms with Crippen molar-refractivity contribution in [2.45, 2.75) is 43.7 Å². The van der Waals surface area contributed by atoms with Gasteiger partial charge in [0.25, 0.3) is 5.91 Å². The Morgan fingerprint density at radius 1 is 1.03 bits per heavy atom. The first-order chi connectivity index (χ1) is 16.4. The van der Waals surface area contributed by atoms with Crippen LogP contribution in [0, 0.1) is 6.92 Å². The highest BCUT2D eigenvalue weighted by molar-refractivity contribution is 7.89. The Bertz CT molecular complexity index is 1260. The third-order valence-corrected chi connectivity index (χ3v) is 7.82. The normalized spacial score (nSPS) is 15.9. The number of amides is 1.